The highest BCUT2D eigenvalue weighted by Crippen LogP contribution is 2.44. The number of hydrogen-bond acceptors (Lipinski definition) is 3. The molecule has 1 aromatic rings. The van der Waals surface area contributed by atoms with E-state index in [2.05, 4.69) is 12.1 Å². The van der Waals surface area contributed by atoms with Gasteiger partial charge in [0.05, 0.1) is 6.61 Å². The van der Waals surface area contributed by atoms with Crippen molar-refractivity contribution < 1.29 is 14.3 Å². The lowest BCUT2D eigenvalue weighted by molar-refractivity contribution is -0.167. The summed E-state index contributed by atoms with van der Waals surface area (Å²) in [5.74, 6) is 1.80. The fourth-order valence-corrected chi connectivity index (χ4v) is 3.69. The molecule has 4 rings (SSSR count). The number of carbonyl (C=O) groups excluding carboxylic acids is 1. The zero-order chi connectivity index (χ0) is 13.5. The Hall–Kier alpha value is -1.61. The predicted molar refractivity (Wildman–Crippen MR) is 74.0 cm³/mol. The fourth-order valence-electron chi connectivity index (χ4n) is 3.69. The molecule has 2 aliphatic heterocycles. The van der Waals surface area contributed by atoms with Crippen LogP contribution in [0.4, 0.5) is 0 Å². The average Bonchev–Trinajstić information content (AvgIpc) is 2.47. The fraction of sp³-hybridized carbons (Fsp3) is 0.471. The first kappa shape index (κ1) is 12.2. The summed E-state index contributed by atoms with van der Waals surface area (Å²) in [6.45, 7) is 0.710. The number of Topliss-reactive ketones (excluding diaryl/α,β-unsaturated/α-hetero) is 1. The summed E-state index contributed by atoms with van der Waals surface area (Å²) in [5.41, 5.74) is 2.20. The van der Waals surface area contributed by atoms with Gasteiger partial charge in [-0.05, 0) is 23.8 Å². The second-order valence-corrected chi connectivity index (χ2v) is 5.92. The van der Waals surface area contributed by atoms with Gasteiger partial charge in [-0.3, -0.25) is 4.79 Å². The van der Waals surface area contributed by atoms with Crippen molar-refractivity contribution in [2.45, 2.75) is 37.9 Å². The van der Waals surface area contributed by atoms with E-state index in [1.807, 2.05) is 18.2 Å². The minimum Gasteiger partial charge on any atom is -0.469 e. The van der Waals surface area contributed by atoms with Crippen LogP contribution in [0.15, 0.2) is 41.7 Å². The van der Waals surface area contributed by atoms with Crippen molar-refractivity contribution in [1.29, 1.82) is 0 Å². The predicted octanol–water partition coefficient (Wildman–Crippen LogP) is 3.17. The van der Waals surface area contributed by atoms with Gasteiger partial charge in [0.25, 0.3) is 0 Å². The Labute approximate surface area is 118 Å². The molecule has 2 bridgehead atoms. The van der Waals surface area contributed by atoms with E-state index in [0.29, 0.717) is 18.9 Å². The zero-order valence-corrected chi connectivity index (χ0v) is 11.4. The van der Waals surface area contributed by atoms with Crippen LogP contribution in [0, 0.1) is 5.92 Å². The molecule has 1 aromatic carbocycles. The van der Waals surface area contributed by atoms with Gasteiger partial charge in [-0.2, -0.15) is 0 Å². The van der Waals surface area contributed by atoms with Crippen LogP contribution in [-0.4, -0.2) is 18.7 Å². The Morgan fingerprint density at radius 2 is 1.90 bits per heavy atom. The molecule has 0 N–H and O–H groups in total. The Balaban J connectivity index is 1.66. The number of hydrogen-bond donors (Lipinski definition) is 0. The van der Waals surface area contributed by atoms with Crippen LogP contribution in [0.25, 0.3) is 0 Å². The molecule has 1 saturated heterocycles. The maximum atomic E-state index is 12.5. The van der Waals surface area contributed by atoms with Gasteiger partial charge >= 0.3 is 0 Å². The molecule has 0 amide bonds. The summed E-state index contributed by atoms with van der Waals surface area (Å²) >= 11 is 0. The first-order valence-electron chi connectivity index (χ1n) is 7.40. The highest BCUT2D eigenvalue weighted by Gasteiger charge is 2.41. The second kappa shape index (κ2) is 4.74. The lowest BCUT2D eigenvalue weighted by Gasteiger charge is -2.40. The zero-order valence-electron chi connectivity index (χ0n) is 11.4. The van der Waals surface area contributed by atoms with Crippen molar-refractivity contribution in [3.05, 3.63) is 47.2 Å². The molecule has 3 atom stereocenters. The summed E-state index contributed by atoms with van der Waals surface area (Å²) in [4.78, 5) is 12.5. The monoisotopic (exact) mass is 270 g/mol. The van der Waals surface area contributed by atoms with Crippen LogP contribution in [0.1, 0.15) is 37.2 Å². The summed E-state index contributed by atoms with van der Waals surface area (Å²) < 4.78 is 11.5. The molecule has 104 valence electrons. The quantitative estimate of drug-likeness (QED) is 0.786. The van der Waals surface area contributed by atoms with Crippen molar-refractivity contribution in [1.82, 2.24) is 0 Å². The van der Waals surface area contributed by atoms with Crippen molar-refractivity contribution in [3.63, 3.8) is 0 Å². The average molecular weight is 270 g/mol. The van der Waals surface area contributed by atoms with E-state index in [0.717, 1.165) is 30.6 Å². The van der Waals surface area contributed by atoms with Gasteiger partial charge in [0.2, 0.25) is 0 Å². The first-order chi connectivity index (χ1) is 9.81. The molecule has 3 heteroatoms. The Bertz CT molecular complexity index is 561. The summed E-state index contributed by atoms with van der Waals surface area (Å²) in [6.07, 6.45) is 3.13. The smallest absolute Gasteiger partial charge is 0.199 e. The van der Waals surface area contributed by atoms with Crippen LogP contribution in [0.5, 0.6) is 0 Å². The van der Waals surface area contributed by atoms with Crippen molar-refractivity contribution in [3.8, 4) is 0 Å². The molecule has 3 unspecified atom stereocenters. The number of rotatable bonds is 1. The molecule has 1 aliphatic carbocycles. The van der Waals surface area contributed by atoms with Gasteiger partial charge in [-0.15, -0.1) is 0 Å². The van der Waals surface area contributed by atoms with Crippen LogP contribution < -0.4 is 0 Å². The van der Waals surface area contributed by atoms with E-state index >= 15 is 0 Å². The lowest BCUT2D eigenvalue weighted by atomic mass is 9.75. The minimum atomic E-state index is -0.130. The first-order valence-corrected chi connectivity index (χ1v) is 7.40. The summed E-state index contributed by atoms with van der Waals surface area (Å²) in [5, 5.41) is 0. The summed E-state index contributed by atoms with van der Waals surface area (Å²) in [7, 11) is 0. The van der Waals surface area contributed by atoms with Gasteiger partial charge in [0.15, 0.2) is 12.1 Å². The van der Waals surface area contributed by atoms with Gasteiger partial charge in [0, 0.05) is 24.8 Å². The normalized spacial score (nSPS) is 32.6. The Morgan fingerprint density at radius 1 is 1.05 bits per heavy atom. The van der Waals surface area contributed by atoms with Crippen molar-refractivity contribution in [2.75, 3.05) is 6.61 Å². The van der Waals surface area contributed by atoms with Crippen LogP contribution >= 0.6 is 0 Å². The second-order valence-electron chi connectivity index (χ2n) is 5.92. The standard InChI is InChI=1S/C17H18O3/c18-14-8-13(11-4-2-1-3-5-11)9-15-17(14)12-6-7-19-16(10-12)20-15/h1-5,12-13,16H,6-10H2. The Morgan fingerprint density at radius 3 is 2.75 bits per heavy atom. The van der Waals surface area contributed by atoms with E-state index in [-0.39, 0.29) is 18.0 Å². The highest BCUT2D eigenvalue weighted by molar-refractivity contribution is 5.98. The van der Waals surface area contributed by atoms with Crippen LogP contribution in [-0.2, 0) is 14.3 Å². The maximum absolute atomic E-state index is 12.5. The SMILES string of the molecule is O=C1CC(c2ccccc2)CC2=C1C1CCOC(C1)O2. The molecule has 1 fully saturated rings. The molecule has 20 heavy (non-hydrogen) atoms. The largest absolute Gasteiger partial charge is 0.469 e. The molecule has 0 spiro atoms. The van der Waals surface area contributed by atoms with Gasteiger partial charge < -0.3 is 9.47 Å². The number of benzene rings is 1. The highest BCUT2D eigenvalue weighted by atomic mass is 16.7. The summed E-state index contributed by atoms with van der Waals surface area (Å²) in [6, 6.07) is 10.3. The van der Waals surface area contributed by atoms with Gasteiger partial charge in [-0.25, -0.2) is 0 Å². The number of ketones is 1. The third-order valence-electron chi connectivity index (χ3n) is 4.66. The topological polar surface area (TPSA) is 35.5 Å². The number of carbonyl (C=O) groups is 1. The molecule has 3 nitrogen and oxygen atoms in total. The van der Waals surface area contributed by atoms with Gasteiger partial charge in [-0.1, -0.05) is 30.3 Å². The van der Waals surface area contributed by atoms with E-state index < -0.39 is 0 Å². The molecule has 3 aliphatic rings. The number of ether oxygens (including phenoxy) is 2. The van der Waals surface area contributed by atoms with E-state index in [1.54, 1.807) is 0 Å². The number of fused-ring (bicyclic) bond motifs is 3. The van der Waals surface area contributed by atoms with E-state index in [9.17, 15) is 4.79 Å². The van der Waals surface area contributed by atoms with Gasteiger partial charge in [0.1, 0.15) is 5.76 Å². The molecular formula is C17H18O3. The Kier molecular flexibility index (Phi) is 2.88. The molecular weight excluding hydrogens is 252 g/mol. The van der Waals surface area contributed by atoms with Crippen molar-refractivity contribution >= 4 is 5.78 Å². The third-order valence-corrected chi connectivity index (χ3v) is 4.66. The number of allylic oxidation sites excluding steroid dienone is 2. The minimum absolute atomic E-state index is 0.130. The maximum Gasteiger partial charge on any atom is 0.199 e. The molecule has 2 heterocycles. The molecule has 0 aromatic heterocycles. The van der Waals surface area contributed by atoms with E-state index in [4.69, 9.17) is 9.47 Å². The molecule has 0 saturated carbocycles. The third kappa shape index (κ3) is 1.97. The van der Waals surface area contributed by atoms with Crippen LogP contribution in [0.2, 0.25) is 0 Å². The van der Waals surface area contributed by atoms with Crippen LogP contribution in [0.3, 0.4) is 0 Å². The molecule has 0 radical (unpaired) electrons. The van der Waals surface area contributed by atoms with Crippen molar-refractivity contribution in [2.24, 2.45) is 5.92 Å². The van der Waals surface area contributed by atoms with E-state index in [1.165, 1.54) is 5.56 Å². The lowest BCUT2D eigenvalue weighted by Crippen LogP contribution is -2.38.